The van der Waals surface area contributed by atoms with E-state index in [0.717, 1.165) is 5.69 Å². The fourth-order valence-corrected chi connectivity index (χ4v) is 2.84. The van der Waals surface area contributed by atoms with E-state index in [0.29, 0.717) is 5.75 Å². The molecule has 1 amide bonds. The van der Waals surface area contributed by atoms with Crippen molar-refractivity contribution < 1.29 is 13.7 Å². The lowest BCUT2D eigenvalue weighted by Gasteiger charge is -2.23. The first kappa shape index (κ1) is 17.7. The number of nitrogens with zero attached hydrogens (tertiary/aromatic N) is 2. The second kappa shape index (κ2) is 7.06. The zero-order chi connectivity index (χ0) is 16.2. The fourth-order valence-electron chi connectivity index (χ4n) is 2.00. The number of imidazole rings is 1. The maximum absolute atomic E-state index is 11.8. The maximum Gasteiger partial charge on any atom is 0.408 e. The molecule has 1 heterocycles. The third-order valence-electron chi connectivity index (χ3n) is 2.82. The molecule has 1 aromatic heterocycles. The number of aromatic nitrogens is 2. The Morgan fingerprint density at radius 2 is 2.10 bits per heavy atom. The summed E-state index contributed by atoms with van der Waals surface area (Å²) in [6.45, 7) is 9.31. The number of nitrogens with one attached hydrogen (secondary N) is 1. The Labute approximate surface area is 128 Å². The average molecular weight is 315 g/mol. The van der Waals surface area contributed by atoms with E-state index >= 15 is 0 Å². The molecule has 0 radical (unpaired) electrons. The van der Waals surface area contributed by atoms with E-state index in [1.807, 2.05) is 39.2 Å². The van der Waals surface area contributed by atoms with Crippen LogP contribution < -0.4 is 5.32 Å². The predicted molar refractivity (Wildman–Crippen MR) is 83.7 cm³/mol. The summed E-state index contributed by atoms with van der Waals surface area (Å²) >= 11 is 0. The minimum Gasteiger partial charge on any atom is -0.444 e. The second-order valence-electron chi connectivity index (χ2n) is 6.18. The van der Waals surface area contributed by atoms with Crippen LogP contribution in [0.4, 0.5) is 4.79 Å². The van der Waals surface area contributed by atoms with Crippen LogP contribution in [0.25, 0.3) is 0 Å². The molecular weight excluding hydrogens is 290 g/mol. The molecule has 21 heavy (non-hydrogen) atoms. The van der Waals surface area contributed by atoms with Gasteiger partial charge in [0.1, 0.15) is 5.60 Å². The molecule has 0 aliphatic rings. The highest BCUT2D eigenvalue weighted by molar-refractivity contribution is 7.84. The van der Waals surface area contributed by atoms with Crippen LogP contribution in [0.3, 0.4) is 0 Å². The van der Waals surface area contributed by atoms with Crippen LogP contribution >= 0.6 is 0 Å². The molecule has 1 aromatic rings. The largest absolute Gasteiger partial charge is 0.444 e. The van der Waals surface area contributed by atoms with E-state index in [2.05, 4.69) is 10.3 Å². The van der Waals surface area contributed by atoms with Crippen molar-refractivity contribution in [2.75, 3.05) is 12.0 Å². The number of ether oxygens (including phenoxy) is 1. The Bertz CT molecular complexity index is 508. The van der Waals surface area contributed by atoms with Gasteiger partial charge < -0.3 is 14.6 Å². The van der Waals surface area contributed by atoms with Gasteiger partial charge in [0.2, 0.25) is 0 Å². The molecular formula is C14H25N3O3S. The molecule has 1 rings (SSSR count). The Morgan fingerprint density at radius 3 is 2.62 bits per heavy atom. The first-order valence-corrected chi connectivity index (χ1v) is 8.64. The van der Waals surface area contributed by atoms with Crippen LogP contribution in [0.5, 0.6) is 0 Å². The lowest BCUT2D eigenvalue weighted by molar-refractivity contribution is 0.0506. The van der Waals surface area contributed by atoms with Crippen molar-refractivity contribution in [3.05, 3.63) is 18.2 Å². The van der Waals surface area contributed by atoms with Crippen molar-refractivity contribution in [2.45, 2.75) is 52.3 Å². The predicted octanol–water partition coefficient (Wildman–Crippen LogP) is 2.41. The standard InChI is InChI=1S/C14H25N3O3S/c1-10(8-21(6)19)17-9-15-7-12(17)11(2)16-13(18)20-14(3,4)5/h7,9-11H,8H2,1-6H3,(H,16,18)/t10?,11-,21?/m0/s1. The smallest absolute Gasteiger partial charge is 0.408 e. The van der Waals surface area contributed by atoms with Gasteiger partial charge >= 0.3 is 6.09 Å². The van der Waals surface area contributed by atoms with E-state index in [9.17, 15) is 9.00 Å². The number of carbonyl (C=O) groups excluding carboxylic acids is 1. The molecule has 0 fully saturated rings. The van der Waals surface area contributed by atoms with E-state index in [-0.39, 0.29) is 12.1 Å². The summed E-state index contributed by atoms with van der Waals surface area (Å²) in [5.41, 5.74) is 0.329. The molecule has 0 aliphatic heterocycles. The Kier molecular flexibility index (Phi) is 5.95. The first-order valence-electron chi connectivity index (χ1n) is 6.91. The van der Waals surface area contributed by atoms with Crippen molar-refractivity contribution in [3.63, 3.8) is 0 Å². The minimum absolute atomic E-state index is 0.0521. The fraction of sp³-hybridized carbons (Fsp3) is 0.714. The van der Waals surface area contributed by atoms with Crippen LogP contribution in [0.1, 0.15) is 52.4 Å². The zero-order valence-electron chi connectivity index (χ0n) is 13.5. The zero-order valence-corrected chi connectivity index (χ0v) is 14.4. The second-order valence-corrected chi connectivity index (χ2v) is 7.66. The van der Waals surface area contributed by atoms with E-state index < -0.39 is 22.5 Å². The molecule has 0 bridgehead atoms. The Morgan fingerprint density at radius 1 is 1.48 bits per heavy atom. The van der Waals surface area contributed by atoms with Crippen LogP contribution in [0, 0.1) is 0 Å². The normalized spacial score (nSPS) is 16.1. The number of hydrogen-bond acceptors (Lipinski definition) is 4. The van der Waals surface area contributed by atoms with Gasteiger partial charge in [-0.15, -0.1) is 0 Å². The van der Waals surface area contributed by atoms with Crippen LogP contribution in [-0.4, -0.2) is 37.5 Å². The van der Waals surface area contributed by atoms with Crippen molar-refractivity contribution in [1.29, 1.82) is 0 Å². The quantitative estimate of drug-likeness (QED) is 0.905. The van der Waals surface area contributed by atoms with Crippen LogP contribution in [0.15, 0.2) is 12.5 Å². The Balaban J connectivity index is 2.75. The molecule has 1 N–H and O–H groups in total. The molecule has 3 atom stereocenters. The van der Waals surface area contributed by atoms with E-state index in [4.69, 9.17) is 4.74 Å². The number of alkyl carbamates (subject to hydrolysis) is 1. The summed E-state index contributed by atoms with van der Waals surface area (Å²) in [7, 11) is -0.887. The molecule has 2 unspecified atom stereocenters. The molecule has 0 spiro atoms. The monoisotopic (exact) mass is 315 g/mol. The Hall–Kier alpha value is -1.37. The van der Waals surface area contributed by atoms with Crippen molar-refractivity contribution in [3.8, 4) is 0 Å². The van der Waals surface area contributed by atoms with Crippen molar-refractivity contribution in [1.82, 2.24) is 14.9 Å². The molecule has 0 aliphatic carbocycles. The molecule has 6 nitrogen and oxygen atoms in total. The van der Waals surface area contributed by atoms with Gasteiger partial charge in [0.05, 0.1) is 24.3 Å². The molecule has 0 saturated carbocycles. The third kappa shape index (κ3) is 5.87. The summed E-state index contributed by atoms with van der Waals surface area (Å²) in [6, 6.07) is -0.189. The summed E-state index contributed by atoms with van der Waals surface area (Å²) in [5, 5.41) is 2.79. The molecule has 7 heteroatoms. The van der Waals surface area contributed by atoms with Crippen LogP contribution in [0.2, 0.25) is 0 Å². The highest BCUT2D eigenvalue weighted by Gasteiger charge is 2.21. The van der Waals surface area contributed by atoms with Crippen molar-refractivity contribution >= 4 is 16.9 Å². The van der Waals surface area contributed by atoms with Gasteiger partial charge in [-0.2, -0.15) is 0 Å². The summed E-state index contributed by atoms with van der Waals surface area (Å²) in [6.07, 6.45) is 4.61. The van der Waals surface area contributed by atoms with Gasteiger partial charge in [-0.3, -0.25) is 4.21 Å². The first-order chi connectivity index (χ1) is 9.60. The topological polar surface area (TPSA) is 73.2 Å². The summed E-state index contributed by atoms with van der Waals surface area (Å²) in [5.74, 6) is 0.544. The molecule has 120 valence electrons. The number of hydrogen-bond donors (Lipinski definition) is 1. The van der Waals surface area contributed by atoms with Crippen LogP contribution in [-0.2, 0) is 15.5 Å². The SMILES string of the molecule is CC(CS(C)=O)n1cncc1[C@H](C)NC(=O)OC(C)(C)C. The lowest BCUT2D eigenvalue weighted by Crippen LogP contribution is -2.35. The summed E-state index contributed by atoms with van der Waals surface area (Å²) in [4.78, 5) is 15.9. The number of rotatable bonds is 5. The van der Waals surface area contributed by atoms with Gasteiger partial charge in [-0.1, -0.05) is 0 Å². The minimum atomic E-state index is -0.887. The van der Waals surface area contributed by atoms with Crippen molar-refractivity contribution in [2.24, 2.45) is 0 Å². The van der Waals surface area contributed by atoms with E-state index in [1.165, 1.54) is 0 Å². The third-order valence-corrected chi connectivity index (χ3v) is 3.78. The lowest BCUT2D eigenvalue weighted by atomic mass is 10.2. The molecule has 0 aromatic carbocycles. The van der Waals surface area contributed by atoms with Gasteiger partial charge in [-0.25, -0.2) is 9.78 Å². The van der Waals surface area contributed by atoms with Gasteiger partial charge in [-0.05, 0) is 34.6 Å². The number of amides is 1. The van der Waals surface area contributed by atoms with Gasteiger partial charge in [0.25, 0.3) is 0 Å². The van der Waals surface area contributed by atoms with E-state index in [1.54, 1.807) is 18.8 Å². The van der Waals surface area contributed by atoms with Gasteiger partial charge in [0, 0.05) is 28.9 Å². The highest BCUT2D eigenvalue weighted by Crippen LogP contribution is 2.18. The average Bonchev–Trinajstić information content (AvgIpc) is 2.73. The maximum atomic E-state index is 11.8. The highest BCUT2D eigenvalue weighted by atomic mass is 32.2. The number of carbonyl (C=O) groups is 1. The van der Waals surface area contributed by atoms with Gasteiger partial charge in [0.15, 0.2) is 0 Å². The molecule has 0 saturated heterocycles. The summed E-state index contributed by atoms with van der Waals surface area (Å²) < 4.78 is 18.5.